The zero-order valence-corrected chi connectivity index (χ0v) is 26.7. The summed E-state index contributed by atoms with van der Waals surface area (Å²) in [6.45, 7) is 0. The summed E-state index contributed by atoms with van der Waals surface area (Å²) in [4.78, 5) is 58.3. The average Bonchev–Trinajstić information content (AvgIpc) is 3.66. The Labute approximate surface area is 278 Å². The van der Waals surface area contributed by atoms with Gasteiger partial charge in [-0.05, 0) is 61.2 Å². The van der Waals surface area contributed by atoms with Crippen molar-refractivity contribution in [3.8, 4) is 23.0 Å². The van der Waals surface area contributed by atoms with Gasteiger partial charge >= 0.3 is 0 Å². The molecule has 1 saturated carbocycles. The van der Waals surface area contributed by atoms with Crippen LogP contribution >= 0.6 is 23.2 Å². The number of phenols is 1. The number of benzene rings is 3. The van der Waals surface area contributed by atoms with Gasteiger partial charge in [0.1, 0.15) is 17.0 Å². The predicted molar refractivity (Wildman–Crippen MR) is 172 cm³/mol. The molecule has 4 aliphatic rings. The highest BCUT2D eigenvalue weighted by molar-refractivity contribution is 6.53. The summed E-state index contributed by atoms with van der Waals surface area (Å²) in [6, 6.07) is 18.8. The van der Waals surface area contributed by atoms with Crippen LogP contribution in [-0.4, -0.2) is 62.5 Å². The number of hydrogen-bond acceptors (Lipinski definition) is 8. The molecule has 238 valence electrons. The third-order valence-electron chi connectivity index (χ3n) is 10.2. The van der Waals surface area contributed by atoms with Crippen molar-refractivity contribution in [3.63, 3.8) is 0 Å². The lowest BCUT2D eigenvalue weighted by Gasteiger charge is -2.50. The molecule has 10 nitrogen and oxygen atoms in total. The van der Waals surface area contributed by atoms with E-state index in [1.54, 1.807) is 36.4 Å². The van der Waals surface area contributed by atoms with Gasteiger partial charge in [-0.3, -0.25) is 29.0 Å². The number of ether oxygens (including phenoxy) is 1. The van der Waals surface area contributed by atoms with Crippen LogP contribution in [0.25, 0.3) is 22.6 Å². The number of anilines is 1. The van der Waals surface area contributed by atoms with Crippen LogP contribution in [0, 0.1) is 17.8 Å². The first kappa shape index (κ1) is 29.7. The number of phenolic OH excluding ortho intramolecular Hbond substituents is 1. The highest BCUT2D eigenvalue weighted by atomic mass is 35.5. The van der Waals surface area contributed by atoms with Gasteiger partial charge in [0.25, 0.3) is 11.8 Å². The van der Waals surface area contributed by atoms with Gasteiger partial charge in [0, 0.05) is 30.2 Å². The Balaban J connectivity index is 1.18. The Hall–Kier alpha value is -4.67. The number of allylic oxidation sites excluding steroid dienone is 2. The Morgan fingerprint density at radius 2 is 1.70 bits per heavy atom. The molecule has 6 atom stereocenters. The van der Waals surface area contributed by atoms with E-state index in [4.69, 9.17) is 32.4 Å². The molecular weight excluding hydrogens is 645 g/mol. The first-order valence-electron chi connectivity index (χ1n) is 15.1. The number of nitrogens with zero attached hydrogens (tertiary/aromatic N) is 3. The number of rotatable bonds is 4. The molecule has 3 aromatic carbocycles. The number of amides is 4. The number of halogens is 2. The zero-order valence-electron chi connectivity index (χ0n) is 25.1. The van der Waals surface area contributed by atoms with Crippen LogP contribution in [-0.2, 0) is 19.2 Å². The molecule has 0 radical (unpaired) electrons. The summed E-state index contributed by atoms with van der Waals surface area (Å²) in [5.74, 6) is -4.99. The number of likely N-dealkylation sites (tertiary alicyclic amines) is 1. The average molecular weight is 673 g/mol. The number of methoxy groups -OCH3 is 1. The number of alkyl halides is 2. The number of fused-ring (bicyclic) bond motifs is 5. The number of carbonyl (C=O) groups excluding carboxylic acids is 4. The van der Waals surface area contributed by atoms with Crippen LogP contribution in [0.5, 0.6) is 11.5 Å². The summed E-state index contributed by atoms with van der Waals surface area (Å²) in [5.41, 5.74) is 3.27. The van der Waals surface area contributed by atoms with Gasteiger partial charge in [-0.2, -0.15) is 0 Å². The number of carbonyl (C=O) groups is 4. The molecule has 6 unspecified atom stereocenters. The maximum Gasteiger partial charge on any atom is 0.253 e. The molecule has 3 fully saturated rings. The van der Waals surface area contributed by atoms with E-state index in [2.05, 4.69) is 4.98 Å². The van der Waals surface area contributed by atoms with Crippen LogP contribution in [0.1, 0.15) is 24.3 Å². The topological polar surface area (TPSA) is 130 Å². The summed E-state index contributed by atoms with van der Waals surface area (Å²) >= 11 is 14.4. The third-order valence-corrected chi connectivity index (χ3v) is 11.6. The van der Waals surface area contributed by atoms with E-state index < -0.39 is 51.1 Å². The lowest BCUT2D eigenvalue weighted by atomic mass is 9.56. The smallest absolute Gasteiger partial charge is 0.253 e. The molecule has 2 aliphatic heterocycles. The SMILES string of the molecule is COc1ccc(C2C3=CCC4C(=O)N(c5ccc(-c6nc7ccccc7o6)cc5)C(=O)C4C3CC3(Cl)C(=O)N(C)C(=O)C23Cl)c(O)c1. The van der Waals surface area contributed by atoms with E-state index in [0.29, 0.717) is 39.6 Å². The van der Waals surface area contributed by atoms with Gasteiger partial charge in [-0.15, -0.1) is 23.2 Å². The molecule has 8 rings (SSSR count). The molecule has 3 heterocycles. The van der Waals surface area contributed by atoms with Crippen LogP contribution in [0.2, 0.25) is 0 Å². The fraction of sp³-hybridized carbons (Fsp3) is 0.286. The number of aromatic nitrogens is 1. The molecule has 2 aliphatic carbocycles. The summed E-state index contributed by atoms with van der Waals surface area (Å²) in [7, 11) is 2.77. The lowest BCUT2D eigenvalue weighted by molar-refractivity contribution is -0.138. The molecular formula is C35H27Cl2N3O7. The van der Waals surface area contributed by atoms with Crippen molar-refractivity contribution in [1.29, 1.82) is 0 Å². The van der Waals surface area contributed by atoms with E-state index in [1.807, 2.05) is 30.3 Å². The molecule has 12 heteroatoms. The van der Waals surface area contributed by atoms with Gasteiger partial charge in [-0.25, -0.2) is 4.98 Å². The molecule has 0 spiro atoms. The second kappa shape index (κ2) is 10.2. The van der Waals surface area contributed by atoms with Crippen molar-refractivity contribution in [3.05, 3.63) is 83.9 Å². The minimum atomic E-state index is -1.99. The molecule has 4 aromatic rings. The second-order valence-electron chi connectivity index (χ2n) is 12.5. The van der Waals surface area contributed by atoms with Crippen molar-refractivity contribution in [2.24, 2.45) is 17.8 Å². The molecule has 2 saturated heterocycles. The van der Waals surface area contributed by atoms with Gasteiger partial charge in [0.15, 0.2) is 15.3 Å². The van der Waals surface area contributed by atoms with Gasteiger partial charge in [-0.1, -0.05) is 29.8 Å². The molecule has 1 aromatic heterocycles. The van der Waals surface area contributed by atoms with E-state index >= 15 is 0 Å². The summed E-state index contributed by atoms with van der Waals surface area (Å²) in [5, 5.41) is 11.2. The number of aromatic hydroxyl groups is 1. The van der Waals surface area contributed by atoms with Crippen molar-refractivity contribution in [2.45, 2.75) is 28.5 Å². The minimum Gasteiger partial charge on any atom is -0.508 e. The Morgan fingerprint density at radius 1 is 0.957 bits per heavy atom. The van der Waals surface area contributed by atoms with Gasteiger partial charge < -0.3 is 14.3 Å². The maximum atomic E-state index is 14.3. The van der Waals surface area contributed by atoms with E-state index in [1.165, 1.54) is 25.1 Å². The number of oxazole rings is 1. The number of para-hydroxylation sites is 2. The van der Waals surface area contributed by atoms with Crippen molar-refractivity contribution in [2.75, 3.05) is 19.1 Å². The van der Waals surface area contributed by atoms with E-state index in [9.17, 15) is 24.3 Å². The normalized spacial score (nSPS) is 30.0. The highest BCUT2D eigenvalue weighted by Gasteiger charge is 2.76. The highest BCUT2D eigenvalue weighted by Crippen LogP contribution is 2.66. The standard InChI is InChI=1S/C35H27Cl2N3O7/c1-39-32(44)34(36)16-23-20(28(35(34,37)33(39)45)21-12-11-19(46-2)15-25(21)41)13-14-22-27(23)31(43)40(30(22)42)18-9-7-17(8-10-18)29-38-24-5-3-4-6-26(24)47-29/h3-13,15,22-23,27-28,41H,14,16H2,1-2H3. The molecule has 47 heavy (non-hydrogen) atoms. The van der Waals surface area contributed by atoms with Gasteiger partial charge in [0.2, 0.25) is 17.7 Å². The van der Waals surface area contributed by atoms with Crippen molar-refractivity contribution >= 4 is 63.6 Å². The van der Waals surface area contributed by atoms with Crippen molar-refractivity contribution in [1.82, 2.24) is 9.88 Å². The monoisotopic (exact) mass is 671 g/mol. The lowest BCUT2D eigenvalue weighted by Crippen LogP contribution is -2.60. The second-order valence-corrected chi connectivity index (χ2v) is 13.7. The van der Waals surface area contributed by atoms with E-state index in [-0.39, 0.29) is 30.1 Å². The molecule has 1 N–H and O–H groups in total. The third kappa shape index (κ3) is 3.88. The first-order valence-corrected chi connectivity index (χ1v) is 15.9. The fourth-order valence-corrected chi connectivity index (χ4v) is 9.00. The largest absolute Gasteiger partial charge is 0.508 e. The maximum absolute atomic E-state index is 14.3. The van der Waals surface area contributed by atoms with Crippen LogP contribution in [0.4, 0.5) is 5.69 Å². The number of hydrogen-bond donors (Lipinski definition) is 1. The zero-order chi connectivity index (χ0) is 33.0. The minimum absolute atomic E-state index is 0.142. The van der Waals surface area contributed by atoms with Crippen LogP contribution < -0.4 is 9.64 Å². The Kier molecular flexibility index (Phi) is 6.43. The number of imide groups is 2. The van der Waals surface area contributed by atoms with Crippen LogP contribution in [0.15, 0.2) is 82.8 Å². The van der Waals surface area contributed by atoms with Crippen molar-refractivity contribution < 1.29 is 33.4 Å². The van der Waals surface area contributed by atoms with Gasteiger partial charge in [0.05, 0.1) is 24.6 Å². The fourth-order valence-electron chi connectivity index (χ4n) is 7.99. The Bertz CT molecular complexity index is 2040. The summed E-state index contributed by atoms with van der Waals surface area (Å²) in [6.07, 6.45) is 1.88. The molecule has 0 bridgehead atoms. The molecule has 4 amide bonds. The quantitative estimate of drug-likeness (QED) is 0.173. The van der Waals surface area contributed by atoms with E-state index in [0.717, 1.165) is 4.90 Å². The predicted octanol–water partition coefficient (Wildman–Crippen LogP) is 5.40. The van der Waals surface area contributed by atoms with Crippen LogP contribution in [0.3, 0.4) is 0 Å². The Morgan fingerprint density at radius 3 is 2.40 bits per heavy atom. The first-order chi connectivity index (χ1) is 22.5. The summed E-state index contributed by atoms with van der Waals surface area (Å²) < 4.78 is 11.1.